The fraction of sp³-hybridized carbons (Fsp3) is 0.222. The van der Waals surface area contributed by atoms with Crippen molar-refractivity contribution in [2.24, 2.45) is 5.73 Å². The Morgan fingerprint density at radius 1 is 1.50 bits per heavy atom. The third kappa shape index (κ3) is 1.38. The zero-order valence-electron chi connectivity index (χ0n) is 7.55. The number of ketones is 1. The Balaban J connectivity index is 2.47. The number of carbonyl (C=O) groups is 1. The lowest BCUT2D eigenvalue weighted by molar-refractivity contribution is 0.0980. The van der Waals surface area contributed by atoms with E-state index in [4.69, 9.17) is 5.73 Å². The van der Waals surface area contributed by atoms with Gasteiger partial charge in [0.05, 0.1) is 6.20 Å². The van der Waals surface area contributed by atoms with Crippen LogP contribution in [-0.4, -0.2) is 26.7 Å². The maximum Gasteiger partial charge on any atom is 0.234 e. The summed E-state index contributed by atoms with van der Waals surface area (Å²) in [4.78, 5) is 19.6. The van der Waals surface area contributed by atoms with Gasteiger partial charge in [-0.2, -0.15) is 0 Å². The molecule has 2 aromatic heterocycles. The maximum absolute atomic E-state index is 11.6. The quantitative estimate of drug-likeness (QED) is 0.704. The molecule has 0 aliphatic carbocycles. The number of fused-ring (bicyclic) bond motifs is 1. The Hall–Kier alpha value is -1.75. The molecule has 2 aromatic rings. The Morgan fingerprint density at radius 2 is 2.36 bits per heavy atom. The lowest BCUT2D eigenvalue weighted by Crippen LogP contribution is -2.10. The highest BCUT2D eigenvalue weighted by atomic mass is 16.1. The maximum atomic E-state index is 11.6. The van der Waals surface area contributed by atoms with Gasteiger partial charge in [-0.15, -0.1) is 0 Å². The van der Waals surface area contributed by atoms with Crippen LogP contribution in [-0.2, 0) is 0 Å². The molecule has 0 radical (unpaired) electrons. The first-order chi connectivity index (χ1) is 6.83. The van der Waals surface area contributed by atoms with Crippen molar-refractivity contribution in [3.63, 3.8) is 0 Å². The van der Waals surface area contributed by atoms with Crippen LogP contribution in [0.5, 0.6) is 0 Å². The summed E-state index contributed by atoms with van der Waals surface area (Å²) >= 11 is 0. The molecule has 72 valence electrons. The van der Waals surface area contributed by atoms with E-state index in [2.05, 4.69) is 9.97 Å². The van der Waals surface area contributed by atoms with Crippen molar-refractivity contribution in [2.45, 2.75) is 6.42 Å². The minimum Gasteiger partial charge on any atom is -0.330 e. The highest BCUT2D eigenvalue weighted by Gasteiger charge is 2.10. The highest BCUT2D eigenvalue weighted by molar-refractivity contribution is 5.95. The second kappa shape index (κ2) is 3.55. The van der Waals surface area contributed by atoms with E-state index in [0.717, 1.165) is 0 Å². The van der Waals surface area contributed by atoms with Crippen molar-refractivity contribution in [3.8, 4) is 0 Å². The van der Waals surface area contributed by atoms with Gasteiger partial charge in [-0.25, -0.2) is 9.97 Å². The molecule has 0 fully saturated rings. The molecule has 0 saturated heterocycles. The highest BCUT2D eigenvalue weighted by Crippen LogP contribution is 2.05. The molecule has 5 nitrogen and oxygen atoms in total. The van der Waals surface area contributed by atoms with Gasteiger partial charge in [0, 0.05) is 18.8 Å². The number of nitrogens with zero attached hydrogens (tertiary/aromatic N) is 3. The lowest BCUT2D eigenvalue weighted by atomic mass is 10.2. The predicted octanol–water partition coefficient (Wildman–Crippen LogP) is 0.261. The van der Waals surface area contributed by atoms with Crippen molar-refractivity contribution in [3.05, 3.63) is 30.4 Å². The van der Waals surface area contributed by atoms with Crippen LogP contribution >= 0.6 is 0 Å². The molecule has 0 aromatic carbocycles. The van der Waals surface area contributed by atoms with Crippen molar-refractivity contribution < 1.29 is 4.79 Å². The summed E-state index contributed by atoms with van der Waals surface area (Å²) in [6.07, 6.45) is 5.27. The van der Waals surface area contributed by atoms with E-state index >= 15 is 0 Å². The fourth-order valence-corrected chi connectivity index (χ4v) is 1.29. The van der Waals surface area contributed by atoms with E-state index in [0.29, 0.717) is 24.4 Å². The van der Waals surface area contributed by atoms with Crippen molar-refractivity contribution in [1.29, 1.82) is 0 Å². The van der Waals surface area contributed by atoms with Crippen LogP contribution in [0.2, 0.25) is 0 Å². The minimum atomic E-state index is -0.00648. The zero-order valence-corrected chi connectivity index (χ0v) is 7.55. The summed E-state index contributed by atoms with van der Waals surface area (Å²) in [7, 11) is 0. The summed E-state index contributed by atoms with van der Waals surface area (Å²) < 4.78 is 1.66. The van der Waals surface area contributed by atoms with Gasteiger partial charge in [0.1, 0.15) is 5.69 Å². The van der Waals surface area contributed by atoms with Crippen LogP contribution in [0.3, 0.4) is 0 Å². The summed E-state index contributed by atoms with van der Waals surface area (Å²) in [5.74, 6) is 0.529. The Morgan fingerprint density at radius 3 is 3.14 bits per heavy atom. The Labute approximate surface area is 80.6 Å². The molecule has 5 heteroatoms. The lowest BCUT2D eigenvalue weighted by Gasteiger charge is -1.97. The number of nitrogens with two attached hydrogens (primary N) is 1. The van der Waals surface area contributed by atoms with Gasteiger partial charge >= 0.3 is 0 Å². The first-order valence-corrected chi connectivity index (χ1v) is 4.34. The van der Waals surface area contributed by atoms with Crippen LogP contribution < -0.4 is 5.73 Å². The number of hydrogen-bond acceptors (Lipinski definition) is 4. The number of imidazole rings is 1. The monoisotopic (exact) mass is 190 g/mol. The fourth-order valence-electron chi connectivity index (χ4n) is 1.29. The second-order valence-corrected chi connectivity index (χ2v) is 2.89. The SMILES string of the molecule is NCCC(=O)c1cnc2ncccn12. The number of hydrogen-bond donors (Lipinski definition) is 1. The van der Waals surface area contributed by atoms with E-state index in [1.807, 2.05) is 0 Å². The molecule has 2 rings (SSSR count). The van der Waals surface area contributed by atoms with Gasteiger partial charge in [0.15, 0.2) is 5.78 Å². The van der Waals surface area contributed by atoms with Gasteiger partial charge in [0.25, 0.3) is 0 Å². The van der Waals surface area contributed by atoms with E-state index in [-0.39, 0.29) is 5.78 Å². The number of Topliss-reactive ketones (excluding diaryl/α,β-unsaturated/α-hetero) is 1. The third-order valence-corrected chi connectivity index (χ3v) is 1.95. The van der Waals surface area contributed by atoms with Crippen LogP contribution in [0.15, 0.2) is 24.7 Å². The molecule has 14 heavy (non-hydrogen) atoms. The van der Waals surface area contributed by atoms with E-state index in [1.165, 1.54) is 6.20 Å². The van der Waals surface area contributed by atoms with Crippen molar-refractivity contribution in [1.82, 2.24) is 14.4 Å². The Bertz CT molecular complexity index is 463. The van der Waals surface area contributed by atoms with Crippen molar-refractivity contribution >= 4 is 11.6 Å². The molecule has 0 atom stereocenters. The van der Waals surface area contributed by atoms with Crippen LogP contribution in [0.1, 0.15) is 16.9 Å². The predicted molar refractivity (Wildman–Crippen MR) is 51.0 cm³/mol. The first-order valence-electron chi connectivity index (χ1n) is 4.34. The van der Waals surface area contributed by atoms with Crippen LogP contribution in [0.4, 0.5) is 0 Å². The normalized spacial score (nSPS) is 10.6. The average molecular weight is 190 g/mol. The van der Waals surface area contributed by atoms with E-state index in [9.17, 15) is 4.79 Å². The topological polar surface area (TPSA) is 73.3 Å². The third-order valence-electron chi connectivity index (χ3n) is 1.95. The summed E-state index contributed by atoms with van der Waals surface area (Å²) in [6.45, 7) is 0.354. The van der Waals surface area contributed by atoms with E-state index in [1.54, 1.807) is 22.9 Å². The molecule has 2 heterocycles. The standard InChI is InChI=1S/C9H10N4O/c10-3-2-8(14)7-6-12-9-11-4-1-5-13(7)9/h1,4-6H,2-3,10H2. The number of aromatic nitrogens is 3. The summed E-state index contributed by atoms with van der Waals surface area (Å²) in [6, 6.07) is 1.76. The molecule has 2 N–H and O–H groups in total. The minimum absolute atomic E-state index is 0.00648. The molecule has 0 aliphatic rings. The molecule has 0 unspecified atom stereocenters. The number of carbonyl (C=O) groups excluding carboxylic acids is 1. The summed E-state index contributed by atoms with van der Waals surface area (Å²) in [5.41, 5.74) is 5.85. The second-order valence-electron chi connectivity index (χ2n) is 2.89. The van der Waals surface area contributed by atoms with E-state index < -0.39 is 0 Å². The molecule has 0 spiro atoms. The Kier molecular flexibility index (Phi) is 2.24. The van der Waals surface area contributed by atoms with Gasteiger partial charge in [-0.3, -0.25) is 9.20 Å². The van der Waals surface area contributed by atoms with Gasteiger partial charge in [-0.1, -0.05) is 0 Å². The molecule has 0 amide bonds. The van der Waals surface area contributed by atoms with Gasteiger partial charge in [0.2, 0.25) is 5.78 Å². The molecule has 0 saturated carbocycles. The molecule has 0 bridgehead atoms. The molecular formula is C9H10N4O. The summed E-state index contributed by atoms with van der Waals surface area (Å²) in [5, 5.41) is 0. The molecular weight excluding hydrogens is 180 g/mol. The van der Waals surface area contributed by atoms with Crippen LogP contribution in [0.25, 0.3) is 5.78 Å². The number of rotatable bonds is 3. The van der Waals surface area contributed by atoms with Crippen molar-refractivity contribution in [2.75, 3.05) is 6.54 Å². The van der Waals surface area contributed by atoms with Crippen LogP contribution in [0, 0.1) is 0 Å². The first kappa shape index (κ1) is 8.83. The largest absolute Gasteiger partial charge is 0.330 e. The average Bonchev–Trinajstić information content (AvgIpc) is 2.61. The van der Waals surface area contributed by atoms with Gasteiger partial charge < -0.3 is 5.73 Å². The molecule has 0 aliphatic heterocycles. The zero-order chi connectivity index (χ0) is 9.97. The van der Waals surface area contributed by atoms with Gasteiger partial charge in [-0.05, 0) is 12.6 Å². The smallest absolute Gasteiger partial charge is 0.234 e.